The Morgan fingerprint density at radius 3 is 2.69 bits per heavy atom. The molecule has 0 spiro atoms. The highest BCUT2D eigenvalue weighted by molar-refractivity contribution is 9.10. The highest BCUT2D eigenvalue weighted by atomic mass is 79.9. The van der Waals surface area contributed by atoms with Gasteiger partial charge >= 0.3 is 11.8 Å². The molecule has 1 aromatic carbocycles. The van der Waals surface area contributed by atoms with Crippen molar-refractivity contribution < 1.29 is 9.59 Å². The van der Waals surface area contributed by atoms with Crippen molar-refractivity contribution in [3.63, 3.8) is 0 Å². The van der Waals surface area contributed by atoms with E-state index in [1.807, 2.05) is 25.1 Å². The lowest BCUT2D eigenvalue weighted by Gasteiger charge is -2.05. The molecule has 4 nitrogen and oxygen atoms in total. The number of hydrogen-bond donors (Lipinski definition) is 2. The quantitative estimate of drug-likeness (QED) is 0.810. The molecular formula is C11H13BrN2O2. The second-order valence-electron chi connectivity index (χ2n) is 3.45. The van der Waals surface area contributed by atoms with E-state index in [0.717, 1.165) is 15.6 Å². The van der Waals surface area contributed by atoms with Gasteiger partial charge in [0.05, 0.1) is 0 Å². The Balaban J connectivity index is 2.46. The van der Waals surface area contributed by atoms with Crippen molar-refractivity contribution in [2.24, 2.45) is 5.73 Å². The molecule has 0 saturated heterocycles. The van der Waals surface area contributed by atoms with Gasteiger partial charge in [0.15, 0.2) is 0 Å². The van der Waals surface area contributed by atoms with Crippen LogP contribution in [-0.2, 0) is 16.0 Å². The van der Waals surface area contributed by atoms with Gasteiger partial charge in [-0.3, -0.25) is 9.59 Å². The third-order valence-electron chi connectivity index (χ3n) is 2.16. The van der Waals surface area contributed by atoms with E-state index >= 15 is 0 Å². The first-order valence-electron chi connectivity index (χ1n) is 4.83. The summed E-state index contributed by atoms with van der Waals surface area (Å²) in [6.07, 6.45) is 0.665. The van der Waals surface area contributed by atoms with E-state index in [0.29, 0.717) is 13.0 Å². The molecule has 0 aliphatic heterocycles. The summed E-state index contributed by atoms with van der Waals surface area (Å²) in [6.45, 7) is 2.40. The molecule has 0 saturated carbocycles. The van der Waals surface area contributed by atoms with Crippen LogP contribution in [0.5, 0.6) is 0 Å². The van der Waals surface area contributed by atoms with Crippen molar-refractivity contribution in [1.82, 2.24) is 5.32 Å². The van der Waals surface area contributed by atoms with Crippen LogP contribution in [0.1, 0.15) is 11.1 Å². The van der Waals surface area contributed by atoms with Crippen molar-refractivity contribution in [3.05, 3.63) is 33.8 Å². The summed E-state index contributed by atoms with van der Waals surface area (Å²) in [5.74, 6) is -1.70. The first-order chi connectivity index (χ1) is 7.50. The molecule has 86 valence electrons. The van der Waals surface area contributed by atoms with Crippen LogP contribution >= 0.6 is 15.9 Å². The molecule has 2 amide bonds. The lowest BCUT2D eigenvalue weighted by Crippen LogP contribution is -2.37. The summed E-state index contributed by atoms with van der Waals surface area (Å²) < 4.78 is 1.03. The predicted octanol–water partition coefficient (Wildman–Crippen LogP) is 0.902. The van der Waals surface area contributed by atoms with E-state index in [4.69, 9.17) is 5.73 Å². The highest BCUT2D eigenvalue weighted by Crippen LogP contribution is 2.17. The Labute approximate surface area is 102 Å². The molecule has 0 aliphatic rings. The van der Waals surface area contributed by atoms with Gasteiger partial charge < -0.3 is 11.1 Å². The van der Waals surface area contributed by atoms with Gasteiger partial charge in [-0.15, -0.1) is 0 Å². The van der Waals surface area contributed by atoms with Crippen LogP contribution in [0.25, 0.3) is 0 Å². The Morgan fingerprint density at radius 1 is 1.44 bits per heavy atom. The molecule has 0 aromatic heterocycles. The van der Waals surface area contributed by atoms with E-state index in [1.54, 1.807) is 0 Å². The summed E-state index contributed by atoms with van der Waals surface area (Å²) in [5, 5.41) is 2.44. The second-order valence-corrected chi connectivity index (χ2v) is 4.31. The zero-order valence-electron chi connectivity index (χ0n) is 8.92. The van der Waals surface area contributed by atoms with E-state index in [9.17, 15) is 9.59 Å². The van der Waals surface area contributed by atoms with Gasteiger partial charge in [0, 0.05) is 11.0 Å². The van der Waals surface area contributed by atoms with Gasteiger partial charge in [-0.25, -0.2) is 0 Å². The fourth-order valence-corrected chi connectivity index (χ4v) is 1.63. The van der Waals surface area contributed by atoms with Crippen LogP contribution in [0.3, 0.4) is 0 Å². The fourth-order valence-electron chi connectivity index (χ4n) is 1.20. The largest absolute Gasteiger partial charge is 0.361 e. The van der Waals surface area contributed by atoms with Crippen molar-refractivity contribution in [1.29, 1.82) is 0 Å². The van der Waals surface area contributed by atoms with Crippen LogP contribution in [-0.4, -0.2) is 18.4 Å². The molecule has 0 aliphatic carbocycles. The van der Waals surface area contributed by atoms with Crippen molar-refractivity contribution >= 4 is 27.7 Å². The molecular weight excluding hydrogens is 272 g/mol. The topological polar surface area (TPSA) is 72.2 Å². The van der Waals surface area contributed by atoms with Gasteiger partial charge in [-0.2, -0.15) is 0 Å². The number of nitrogens with one attached hydrogen (secondary N) is 1. The zero-order valence-corrected chi connectivity index (χ0v) is 10.5. The van der Waals surface area contributed by atoms with E-state index < -0.39 is 11.8 Å². The summed E-state index contributed by atoms with van der Waals surface area (Å²) in [6, 6.07) is 5.97. The number of nitrogens with two attached hydrogens (primary N) is 1. The molecule has 0 radical (unpaired) electrons. The maximum atomic E-state index is 10.9. The molecule has 1 aromatic rings. The predicted molar refractivity (Wildman–Crippen MR) is 64.8 cm³/mol. The third kappa shape index (κ3) is 3.66. The minimum Gasteiger partial charge on any atom is -0.361 e. The number of primary amides is 1. The van der Waals surface area contributed by atoms with Crippen LogP contribution in [0.15, 0.2) is 22.7 Å². The molecule has 0 atom stereocenters. The maximum absolute atomic E-state index is 10.9. The molecule has 0 unspecified atom stereocenters. The van der Waals surface area contributed by atoms with Gasteiger partial charge in [0.2, 0.25) is 0 Å². The zero-order chi connectivity index (χ0) is 12.1. The van der Waals surface area contributed by atoms with Crippen molar-refractivity contribution in [3.8, 4) is 0 Å². The molecule has 0 fully saturated rings. The number of amides is 2. The van der Waals surface area contributed by atoms with Crippen molar-refractivity contribution in [2.45, 2.75) is 13.3 Å². The molecule has 0 bridgehead atoms. The number of hydrogen-bond acceptors (Lipinski definition) is 2. The third-order valence-corrected chi connectivity index (χ3v) is 3.01. The molecule has 0 heterocycles. The van der Waals surface area contributed by atoms with E-state index in [1.165, 1.54) is 0 Å². The number of carbonyl (C=O) groups excluding carboxylic acids is 2. The van der Waals surface area contributed by atoms with Crippen LogP contribution in [0, 0.1) is 6.92 Å². The lowest BCUT2D eigenvalue weighted by atomic mass is 10.1. The molecule has 16 heavy (non-hydrogen) atoms. The average molecular weight is 285 g/mol. The summed E-state index contributed by atoms with van der Waals surface area (Å²) in [5.41, 5.74) is 7.04. The molecule has 3 N–H and O–H groups in total. The summed E-state index contributed by atoms with van der Waals surface area (Å²) in [4.78, 5) is 21.3. The minimum absolute atomic E-state index is 0.400. The number of aryl methyl sites for hydroxylation is 1. The molecule has 1 rings (SSSR count). The van der Waals surface area contributed by atoms with Gasteiger partial charge in [0.1, 0.15) is 0 Å². The highest BCUT2D eigenvalue weighted by Gasteiger charge is 2.06. The first kappa shape index (κ1) is 12.7. The number of benzene rings is 1. The smallest absolute Gasteiger partial charge is 0.309 e. The van der Waals surface area contributed by atoms with Gasteiger partial charge in [0.25, 0.3) is 0 Å². The average Bonchev–Trinajstić information content (AvgIpc) is 2.23. The number of rotatable bonds is 3. The van der Waals surface area contributed by atoms with Gasteiger partial charge in [-0.1, -0.05) is 28.1 Å². The van der Waals surface area contributed by atoms with Crippen LogP contribution < -0.4 is 11.1 Å². The second kappa shape index (κ2) is 5.65. The van der Waals surface area contributed by atoms with Crippen LogP contribution in [0.2, 0.25) is 0 Å². The SMILES string of the molecule is Cc1ccc(CCNC(=O)C(N)=O)cc1Br. The lowest BCUT2D eigenvalue weighted by molar-refractivity contribution is -0.137. The number of halogens is 1. The van der Waals surface area contributed by atoms with E-state index in [2.05, 4.69) is 21.2 Å². The summed E-state index contributed by atoms with van der Waals surface area (Å²) in [7, 11) is 0. The maximum Gasteiger partial charge on any atom is 0.309 e. The standard InChI is InChI=1S/C11H13BrN2O2/c1-7-2-3-8(6-9(7)12)4-5-14-11(16)10(13)15/h2-3,6H,4-5H2,1H3,(H2,13,15)(H,14,16). The Bertz CT molecular complexity index is 418. The monoisotopic (exact) mass is 284 g/mol. The minimum atomic E-state index is -0.954. The summed E-state index contributed by atoms with van der Waals surface area (Å²) >= 11 is 3.43. The Morgan fingerprint density at radius 2 is 2.12 bits per heavy atom. The first-order valence-corrected chi connectivity index (χ1v) is 5.62. The Hall–Kier alpha value is -1.36. The fraction of sp³-hybridized carbons (Fsp3) is 0.273. The van der Waals surface area contributed by atoms with Crippen molar-refractivity contribution in [2.75, 3.05) is 6.54 Å². The van der Waals surface area contributed by atoms with Gasteiger partial charge in [-0.05, 0) is 30.5 Å². The van der Waals surface area contributed by atoms with E-state index in [-0.39, 0.29) is 0 Å². The number of carbonyl (C=O) groups is 2. The normalized spacial score (nSPS) is 9.88. The Kier molecular flexibility index (Phi) is 4.49. The van der Waals surface area contributed by atoms with Crippen LogP contribution in [0.4, 0.5) is 0 Å². The molecule has 5 heteroatoms.